The van der Waals surface area contributed by atoms with Gasteiger partial charge in [0, 0.05) is 20.8 Å². The number of hydrogen-bond donors (Lipinski definition) is 1. The highest BCUT2D eigenvalue weighted by molar-refractivity contribution is 8.00. The van der Waals surface area contributed by atoms with Gasteiger partial charge < -0.3 is 9.72 Å². The first-order valence-electron chi connectivity index (χ1n) is 11.4. The van der Waals surface area contributed by atoms with Crippen molar-refractivity contribution in [3.8, 4) is 5.75 Å². The molecular formula is C27H18Cl2N2O4S2. The van der Waals surface area contributed by atoms with Gasteiger partial charge in [0.15, 0.2) is 0 Å². The number of benzene rings is 3. The number of aromatic amines is 1. The van der Waals surface area contributed by atoms with Gasteiger partial charge in [0.1, 0.15) is 17.6 Å². The van der Waals surface area contributed by atoms with Crippen molar-refractivity contribution in [3.63, 3.8) is 0 Å². The van der Waals surface area contributed by atoms with Crippen LogP contribution >= 0.6 is 46.3 Å². The fourth-order valence-corrected chi connectivity index (χ4v) is 7.64. The van der Waals surface area contributed by atoms with Crippen molar-refractivity contribution in [2.75, 3.05) is 4.90 Å². The van der Waals surface area contributed by atoms with Crippen molar-refractivity contribution in [2.45, 2.75) is 22.8 Å². The van der Waals surface area contributed by atoms with Crippen LogP contribution in [0.15, 0.2) is 82.6 Å². The predicted octanol–water partition coefficient (Wildman–Crippen LogP) is 6.12. The number of imide groups is 1. The molecule has 1 fully saturated rings. The molecule has 3 unspecified atom stereocenters. The van der Waals surface area contributed by atoms with Crippen LogP contribution in [0.2, 0.25) is 10.0 Å². The van der Waals surface area contributed by atoms with Crippen LogP contribution < -0.4 is 14.5 Å². The lowest BCUT2D eigenvalue weighted by atomic mass is 9.83. The van der Waals surface area contributed by atoms with Gasteiger partial charge in [0.05, 0.1) is 16.6 Å². The minimum Gasteiger partial charge on any atom is -0.489 e. The maximum Gasteiger partial charge on any atom is 0.305 e. The molecule has 0 radical (unpaired) electrons. The molecule has 4 aromatic rings. The topological polar surface area (TPSA) is 79.5 Å². The van der Waals surface area contributed by atoms with E-state index in [1.165, 1.54) is 16.7 Å². The molecule has 0 bridgehead atoms. The predicted molar refractivity (Wildman–Crippen MR) is 146 cm³/mol. The molecule has 1 aromatic heterocycles. The standard InChI is InChI=1S/C27H18Cl2N2O4S2/c28-16-6-8-18(9-7-16)31-25(32)21-20(22-24(30-27(34)37-22)36-23(21)26(31)33)15-4-10-19(11-5-15)35-13-14-2-1-3-17(29)12-14/h1-12,20-21,23H,13H2,(H,30,34). The summed E-state index contributed by atoms with van der Waals surface area (Å²) in [6.07, 6.45) is 0. The highest BCUT2D eigenvalue weighted by Crippen LogP contribution is 2.53. The Kier molecular flexibility index (Phi) is 6.36. The number of thioether (sulfide) groups is 1. The summed E-state index contributed by atoms with van der Waals surface area (Å²) in [4.78, 5) is 44.1. The summed E-state index contributed by atoms with van der Waals surface area (Å²) in [5.41, 5.74) is 2.26. The number of thiazole rings is 1. The second-order valence-corrected chi connectivity index (χ2v) is 11.8. The number of carbonyl (C=O) groups excluding carboxylic acids is 2. The van der Waals surface area contributed by atoms with Gasteiger partial charge in [-0.2, -0.15) is 0 Å². The summed E-state index contributed by atoms with van der Waals surface area (Å²) in [5.74, 6) is -1.02. The Labute approximate surface area is 230 Å². The zero-order valence-corrected chi connectivity index (χ0v) is 22.2. The van der Waals surface area contributed by atoms with Crippen LogP contribution in [0, 0.1) is 5.92 Å². The first-order chi connectivity index (χ1) is 17.9. The number of nitrogens with one attached hydrogen (secondary N) is 1. The Hall–Kier alpha value is -3.04. The molecule has 186 valence electrons. The number of H-pyrrole nitrogens is 1. The molecule has 3 aromatic carbocycles. The number of carbonyl (C=O) groups is 2. The van der Waals surface area contributed by atoms with Gasteiger partial charge in [-0.25, -0.2) is 4.90 Å². The minimum absolute atomic E-state index is 0.210. The first-order valence-corrected chi connectivity index (χ1v) is 13.8. The van der Waals surface area contributed by atoms with Gasteiger partial charge in [-0.1, -0.05) is 70.6 Å². The quantitative estimate of drug-likeness (QED) is 0.293. The van der Waals surface area contributed by atoms with Crippen LogP contribution in [-0.4, -0.2) is 22.0 Å². The van der Waals surface area contributed by atoms with E-state index in [4.69, 9.17) is 27.9 Å². The number of nitrogens with zero attached hydrogens (tertiary/aromatic N) is 1. The highest BCUT2D eigenvalue weighted by atomic mass is 35.5. The first kappa shape index (κ1) is 24.3. The second-order valence-electron chi connectivity index (χ2n) is 8.73. The smallest absolute Gasteiger partial charge is 0.305 e. The molecule has 0 spiro atoms. The van der Waals surface area contributed by atoms with E-state index in [9.17, 15) is 14.4 Å². The van der Waals surface area contributed by atoms with E-state index in [1.807, 2.05) is 48.5 Å². The Balaban J connectivity index is 1.32. The zero-order chi connectivity index (χ0) is 25.7. The van der Waals surface area contributed by atoms with E-state index < -0.39 is 17.1 Å². The van der Waals surface area contributed by atoms with Crippen LogP contribution in [0.4, 0.5) is 5.69 Å². The Morgan fingerprint density at radius 2 is 1.65 bits per heavy atom. The van der Waals surface area contributed by atoms with Crippen LogP contribution in [0.1, 0.15) is 21.9 Å². The number of aromatic nitrogens is 1. The maximum absolute atomic E-state index is 13.7. The number of hydrogen-bond acceptors (Lipinski definition) is 6. The molecule has 1 N–H and O–H groups in total. The van der Waals surface area contributed by atoms with E-state index in [-0.39, 0.29) is 16.7 Å². The maximum atomic E-state index is 13.7. The normalized spacial score (nSPS) is 20.6. The molecule has 37 heavy (non-hydrogen) atoms. The number of ether oxygens (including phenoxy) is 1. The molecule has 0 saturated carbocycles. The number of fused-ring (bicyclic) bond motifs is 2. The summed E-state index contributed by atoms with van der Waals surface area (Å²) >= 11 is 14.4. The van der Waals surface area contributed by atoms with Crippen LogP contribution in [0.5, 0.6) is 5.75 Å². The van der Waals surface area contributed by atoms with Gasteiger partial charge in [-0.15, -0.1) is 0 Å². The van der Waals surface area contributed by atoms with E-state index >= 15 is 0 Å². The monoisotopic (exact) mass is 568 g/mol. The Morgan fingerprint density at radius 1 is 0.892 bits per heavy atom. The largest absolute Gasteiger partial charge is 0.489 e. The fourth-order valence-electron chi connectivity index (χ4n) is 4.79. The summed E-state index contributed by atoms with van der Waals surface area (Å²) in [6, 6.07) is 21.6. The molecule has 3 atom stereocenters. The van der Waals surface area contributed by atoms with E-state index in [2.05, 4.69) is 4.98 Å². The van der Waals surface area contributed by atoms with Gasteiger partial charge in [-0.05, 0) is 59.7 Å². The van der Waals surface area contributed by atoms with Crippen molar-refractivity contribution < 1.29 is 14.3 Å². The fraction of sp³-hybridized carbons (Fsp3) is 0.148. The third kappa shape index (κ3) is 4.48. The van der Waals surface area contributed by atoms with Gasteiger partial charge in [-0.3, -0.25) is 14.4 Å². The molecule has 2 amide bonds. The Morgan fingerprint density at radius 3 is 2.38 bits per heavy atom. The molecule has 3 heterocycles. The minimum atomic E-state index is -0.648. The average molecular weight is 569 g/mol. The third-order valence-corrected chi connectivity index (χ3v) is 9.33. The van der Waals surface area contributed by atoms with E-state index in [0.717, 1.165) is 27.3 Å². The molecule has 10 heteroatoms. The lowest BCUT2D eigenvalue weighted by Crippen LogP contribution is -2.32. The molecule has 6 rings (SSSR count). The van der Waals surface area contributed by atoms with Crippen LogP contribution in [0.3, 0.4) is 0 Å². The van der Waals surface area contributed by atoms with E-state index in [1.54, 1.807) is 24.3 Å². The second kappa shape index (κ2) is 9.68. The Bertz CT molecular complexity index is 1570. The summed E-state index contributed by atoms with van der Waals surface area (Å²) in [5, 5.41) is 1.15. The number of rotatable bonds is 5. The molecule has 1 saturated heterocycles. The van der Waals surface area contributed by atoms with Crippen molar-refractivity contribution in [1.29, 1.82) is 0 Å². The molecule has 2 aliphatic heterocycles. The van der Waals surface area contributed by atoms with Gasteiger partial charge in [0.25, 0.3) is 0 Å². The average Bonchev–Trinajstić information content (AvgIpc) is 3.38. The van der Waals surface area contributed by atoms with Crippen molar-refractivity contribution >= 4 is 63.8 Å². The van der Waals surface area contributed by atoms with Gasteiger partial charge in [0.2, 0.25) is 11.8 Å². The van der Waals surface area contributed by atoms with Crippen LogP contribution in [-0.2, 0) is 16.2 Å². The molecule has 0 aliphatic carbocycles. The van der Waals surface area contributed by atoms with Crippen LogP contribution in [0.25, 0.3) is 0 Å². The summed E-state index contributed by atoms with van der Waals surface area (Å²) in [6.45, 7) is 0.358. The lowest BCUT2D eigenvalue weighted by molar-refractivity contribution is -0.122. The number of anilines is 1. The zero-order valence-electron chi connectivity index (χ0n) is 19.0. The number of halogens is 2. The third-order valence-electron chi connectivity index (χ3n) is 6.44. The van der Waals surface area contributed by atoms with Gasteiger partial charge >= 0.3 is 4.87 Å². The highest BCUT2D eigenvalue weighted by Gasteiger charge is 2.56. The molecule has 2 aliphatic rings. The summed E-state index contributed by atoms with van der Waals surface area (Å²) in [7, 11) is 0. The lowest BCUT2D eigenvalue weighted by Gasteiger charge is -2.29. The number of amides is 2. The summed E-state index contributed by atoms with van der Waals surface area (Å²) < 4.78 is 5.92. The van der Waals surface area contributed by atoms with E-state index in [0.29, 0.717) is 33.1 Å². The molecular weight excluding hydrogens is 551 g/mol. The van der Waals surface area contributed by atoms with Crippen molar-refractivity contribution in [1.82, 2.24) is 4.98 Å². The SMILES string of the molecule is O=C1C2Sc3[nH]c(=O)sc3C(c3ccc(OCc4cccc(Cl)c4)cc3)C2C(=O)N1c1ccc(Cl)cc1. The van der Waals surface area contributed by atoms with Crippen molar-refractivity contribution in [3.05, 3.63) is 109 Å². The molecule has 6 nitrogen and oxygen atoms in total. The van der Waals surface area contributed by atoms with Crippen molar-refractivity contribution in [2.24, 2.45) is 5.92 Å².